The molecule has 0 bridgehead atoms. The fourth-order valence-electron chi connectivity index (χ4n) is 1.36. The van der Waals surface area contributed by atoms with Gasteiger partial charge in [-0.2, -0.15) is 5.26 Å². The summed E-state index contributed by atoms with van der Waals surface area (Å²) in [7, 11) is 1.45. The molecule has 0 atom stereocenters. The summed E-state index contributed by atoms with van der Waals surface area (Å²) >= 11 is 5.68. The average molecular weight is 311 g/mol. The topological polar surface area (TPSA) is 102 Å². The molecule has 0 spiro atoms. The van der Waals surface area contributed by atoms with E-state index in [-0.39, 0.29) is 29.5 Å². The Hall–Kier alpha value is -2.43. The Morgan fingerprint density at radius 2 is 2.24 bits per heavy atom. The number of hydrogen-bond acceptors (Lipinski definition) is 6. The highest BCUT2D eigenvalue weighted by atomic mass is 35.5. The Bertz CT molecular complexity index is 621. The minimum atomic E-state index is -0.827. The van der Waals surface area contributed by atoms with Gasteiger partial charge in [0.15, 0.2) is 0 Å². The van der Waals surface area contributed by atoms with Crippen molar-refractivity contribution in [1.29, 1.82) is 5.26 Å². The van der Waals surface area contributed by atoms with E-state index >= 15 is 0 Å². The summed E-state index contributed by atoms with van der Waals surface area (Å²) in [6.07, 6.45) is 1.19. The van der Waals surface area contributed by atoms with Crippen molar-refractivity contribution >= 4 is 29.3 Å². The largest absolute Gasteiger partial charge is 0.459 e. The second kappa shape index (κ2) is 7.99. The summed E-state index contributed by atoms with van der Waals surface area (Å²) < 4.78 is 9.50. The van der Waals surface area contributed by atoms with Gasteiger partial charge < -0.3 is 9.47 Å². The van der Waals surface area contributed by atoms with Crippen molar-refractivity contribution in [3.63, 3.8) is 0 Å². The summed E-state index contributed by atoms with van der Waals surface area (Å²) in [4.78, 5) is 21.7. The number of carbonyl (C=O) groups is 1. The van der Waals surface area contributed by atoms with Gasteiger partial charge in [0.05, 0.1) is 11.5 Å². The predicted molar refractivity (Wildman–Crippen MR) is 74.5 cm³/mol. The molecule has 8 heteroatoms. The molecular formula is C13H11ClN2O5. The second-order valence-electron chi connectivity index (χ2n) is 3.77. The van der Waals surface area contributed by atoms with Crippen molar-refractivity contribution in [1.82, 2.24) is 0 Å². The van der Waals surface area contributed by atoms with Gasteiger partial charge in [-0.15, -0.1) is 0 Å². The standard InChI is InChI=1S/C13H11ClN2O5/c1-20-4-5-21-13(17)10(8-15)6-9-2-3-11(14)12(7-9)16(18)19/h2-3,6-7H,4-5H2,1H3. The van der Waals surface area contributed by atoms with Gasteiger partial charge in [-0.1, -0.05) is 17.7 Å². The number of benzene rings is 1. The maximum atomic E-state index is 11.6. The zero-order valence-electron chi connectivity index (χ0n) is 11.0. The van der Waals surface area contributed by atoms with Gasteiger partial charge in [0.25, 0.3) is 5.69 Å². The van der Waals surface area contributed by atoms with E-state index in [4.69, 9.17) is 26.3 Å². The molecule has 1 rings (SSSR count). The van der Waals surface area contributed by atoms with Crippen LogP contribution in [0.15, 0.2) is 23.8 Å². The zero-order chi connectivity index (χ0) is 15.8. The molecule has 0 aromatic heterocycles. The van der Waals surface area contributed by atoms with Gasteiger partial charge in [-0.05, 0) is 17.7 Å². The zero-order valence-corrected chi connectivity index (χ0v) is 11.8. The first kappa shape index (κ1) is 16.6. The van der Waals surface area contributed by atoms with Crippen LogP contribution in [0, 0.1) is 21.4 Å². The molecule has 0 aliphatic heterocycles. The van der Waals surface area contributed by atoms with Crippen LogP contribution in [0.4, 0.5) is 5.69 Å². The van der Waals surface area contributed by atoms with Crippen LogP contribution >= 0.6 is 11.6 Å². The van der Waals surface area contributed by atoms with Crippen molar-refractivity contribution in [3.8, 4) is 6.07 Å². The molecule has 0 saturated heterocycles. The molecule has 0 aliphatic carbocycles. The molecule has 1 aromatic rings. The highest BCUT2D eigenvalue weighted by Gasteiger charge is 2.14. The Morgan fingerprint density at radius 1 is 1.52 bits per heavy atom. The molecule has 21 heavy (non-hydrogen) atoms. The number of methoxy groups -OCH3 is 1. The van der Waals surface area contributed by atoms with Crippen LogP contribution in [0.1, 0.15) is 5.56 Å². The number of nitro groups is 1. The third kappa shape index (κ3) is 4.87. The van der Waals surface area contributed by atoms with Gasteiger partial charge in [-0.3, -0.25) is 10.1 Å². The number of nitro benzene ring substituents is 1. The van der Waals surface area contributed by atoms with Gasteiger partial charge in [-0.25, -0.2) is 4.79 Å². The van der Waals surface area contributed by atoms with Gasteiger partial charge in [0, 0.05) is 13.2 Å². The maximum absolute atomic E-state index is 11.6. The van der Waals surface area contributed by atoms with Crippen LogP contribution in [0.2, 0.25) is 5.02 Å². The van der Waals surface area contributed by atoms with Crippen LogP contribution in [-0.2, 0) is 14.3 Å². The third-order valence-corrected chi connectivity index (χ3v) is 2.66. The monoisotopic (exact) mass is 310 g/mol. The molecule has 0 aliphatic rings. The number of nitriles is 1. The normalized spacial score (nSPS) is 10.8. The maximum Gasteiger partial charge on any atom is 0.348 e. The molecule has 0 unspecified atom stereocenters. The highest BCUT2D eigenvalue weighted by molar-refractivity contribution is 6.32. The molecule has 0 amide bonds. The summed E-state index contributed by atoms with van der Waals surface area (Å²) in [5.41, 5.74) is -0.287. The molecular weight excluding hydrogens is 300 g/mol. The first-order valence-corrected chi connectivity index (χ1v) is 6.09. The lowest BCUT2D eigenvalue weighted by Crippen LogP contribution is -2.11. The Morgan fingerprint density at radius 3 is 2.81 bits per heavy atom. The van der Waals surface area contributed by atoms with Gasteiger partial charge in [0.1, 0.15) is 23.3 Å². The van der Waals surface area contributed by atoms with E-state index in [9.17, 15) is 14.9 Å². The summed E-state index contributed by atoms with van der Waals surface area (Å²) in [5, 5.41) is 19.7. The highest BCUT2D eigenvalue weighted by Crippen LogP contribution is 2.26. The molecule has 0 fully saturated rings. The summed E-state index contributed by atoms with van der Waals surface area (Å²) in [6, 6.07) is 5.62. The van der Waals surface area contributed by atoms with Crippen molar-refractivity contribution in [2.75, 3.05) is 20.3 Å². The molecule has 0 N–H and O–H groups in total. The predicted octanol–water partition coefficient (Wildman–Crippen LogP) is 2.34. The SMILES string of the molecule is COCCOC(=O)C(C#N)=Cc1ccc(Cl)c([N+](=O)[O-])c1. The van der Waals surface area contributed by atoms with E-state index in [2.05, 4.69) is 0 Å². The first-order valence-electron chi connectivity index (χ1n) is 5.71. The van der Waals surface area contributed by atoms with Crippen LogP contribution in [0.5, 0.6) is 0 Å². The smallest absolute Gasteiger partial charge is 0.348 e. The van der Waals surface area contributed by atoms with E-state index in [0.717, 1.165) is 0 Å². The van der Waals surface area contributed by atoms with Crippen molar-refractivity contribution in [3.05, 3.63) is 44.5 Å². The fourth-order valence-corrected chi connectivity index (χ4v) is 1.54. The molecule has 7 nitrogen and oxygen atoms in total. The lowest BCUT2D eigenvalue weighted by Gasteiger charge is -2.03. The minimum absolute atomic E-state index is 0.00905. The Balaban J connectivity index is 2.98. The van der Waals surface area contributed by atoms with Gasteiger partial charge in [0.2, 0.25) is 0 Å². The molecule has 1 aromatic carbocycles. The molecule has 0 heterocycles. The number of nitrogens with zero attached hydrogens (tertiary/aromatic N) is 2. The van der Waals surface area contributed by atoms with E-state index in [1.54, 1.807) is 6.07 Å². The minimum Gasteiger partial charge on any atom is -0.459 e. The van der Waals surface area contributed by atoms with Gasteiger partial charge >= 0.3 is 5.97 Å². The third-order valence-electron chi connectivity index (χ3n) is 2.34. The summed E-state index contributed by atoms with van der Waals surface area (Å²) in [5.74, 6) is -0.827. The van der Waals surface area contributed by atoms with E-state index in [0.29, 0.717) is 5.56 Å². The van der Waals surface area contributed by atoms with Crippen molar-refractivity contribution < 1.29 is 19.2 Å². The van der Waals surface area contributed by atoms with Crippen LogP contribution in [0.25, 0.3) is 6.08 Å². The van der Waals surface area contributed by atoms with E-state index in [1.165, 1.54) is 31.4 Å². The molecule has 0 saturated carbocycles. The number of carbonyl (C=O) groups excluding carboxylic acids is 1. The number of rotatable bonds is 6. The second-order valence-corrected chi connectivity index (χ2v) is 4.17. The number of halogens is 1. The van der Waals surface area contributed by atoms with E-state index < -0.39 is 10.9 Å². The number of ether oxygens (including phenoxy) is 2. The van der Waals surface area contributed by atoms with E-state index in [1.807, 2.05) is 0 Å². The molecule has 110 valence electrons. The fraction of sp³-hybridized carbons (Fsp3) is 0.231. The number of hydrogen-bond donors (Lipinski definition) is 0. The molecule has 0 radical (unpaired) electrons. The lowest BCUT2D eigenvalue weighted by molar-refractivity contribution is -0.384. The lowest BCUT2D eigenvalue weighted by atomic mass is 10.1. The summed E-state index contributed by atoms with van der Waals surface area (Å²) in [6.45, 7) is 0.214. The number of esters is 1. The first-order chi connectivity index (χ1) is 9.99. The quantitative estimate of drug-likeness (QED) is 0.199. The van der Waals surface area contributed by atoms with Crippen molar-refractivity contribution in [2.24, 2.45) is 0 Å². The van der Waals surface area contributed by atoms with Crippen LogP contribution in [0.3, 0.4) is 0 Å². The van der Waals surface area contributed by atoms with Crippen LogP contribution in [-0.4, -0.2) is 31.2 Å². The van der Waals surface area contributed by atoms with Crippen LogP contribution < -0.4 is 0 Å². The Labute approximate surface area is 125 Å². The van der Waals surface area contributed by atoms with Crippen molar-refractivity contribution in [2.45, 2.75) is 0 Å². The Kier molecular flexibility index (Phi) is 6.33. The average Bonchev–Trinajstić information content (AvgIpc) is 2.46.